The summed E-state index contributed by atoms with van der Waals surface area (Å²) in [5.41, 5.74) is 0.365. The molecule has 0 radical (unpaired) electrons. The second-order valence-corrected chi connectivity index (χ2v) is 8.95. The minimum atomic E-state index is -0.673. The lowest BCUT2D eigenvalue weighted by atomic mass is 10.1. The van der Waals surface area contributed by atoms with Gasteiger partial charge in [0.25, 0.3) is 5.91 Å². The first-order valence-electron chi connectivity index (χ1n) is 9.66. The fraction of sp³-hybridized carbons (Fsp3) is 0.391. The van der Waals surface area contributed by atoms with E-state index in [1.807, 2.05) is 30.5 Å². The summed E-state index contributed by atoms with van der Waals surface area (Å²) in [4.78, 5) is 26.4. The zero-order chi connectivity index (χ0) is 21.0. The maximum absolute atomic E-state index is 12.6. The fourth-order valence-electron chi connectivity index (χ4n) is 3.31. The summed E-state index contributed by atoms with van der Waals surface area (Å²) in [6.45, 7) is 5.69. The molecule has 6 heteroatoms. The first-order valence-corrected chi connectivity index (χ1v) is 11.1. The number of carbonyl (C=O) groups is 2. The van der Waals surface area contributed by atoms with Crippen molar-refractivity contribution in [3.8, 4) is 0 Å². The predicted molar refractivity (Wildman–Crippen MR) is 117 cm³/mol. The van der Waals surface area contributed by atoms with Crippen molar-refractivity contribution in [1.82, 2.24) is 4.90 Å². The zero-order valence-corrected chi connectivity index (χ0v) is 18.1. The lowest BCUT2D eigenvalue weighted by molar-refractivity contribution is -0.125. The molecular formula is C23H27NO4S. The normalized spacial score (nSPS) is 16.8. The van der Waals surface area contributed by atoms with E-state index in [9.17, 15) is 9.59 Å². The van der Waals surface area contributed by atoms with Crippen LogP contribution in [0.2, 0.25) is 0 Å². The molecule has 0 aliphatic carbocycles. The molecule has 0 aromatic heterocycles. The molecular weight excluding hydrogens is 386 g/mol. The van der Waals surface area contributed by atoms with E-state index in [-0.39, 0.29) is 0 Å². The number of hydrogen-bond acceptors (Lipinski definition) is 5. The van der Waals surface area contributed by atoms with E-state index >= 15 is 0 Å². The molecule has 0 saturated heterocycles. The van der Waals surface area contributed by atoms with Gasteiger partial charge in [-0.1, -0.05) is 42.5 Å². The highest BCUT2D eigenvalue weighted by molar-refractivity contribution is 7.98. The van der Waals surface area contributed by atoms with Crippen LogP contribution in [0.1, 0.15) is 32.8 Å². The third kappa shape index (κ3) is 5.12. The SMILES string of the molecule is CSCC[C@H]1C(OCc2cccc3ccccc23)=CC(=O)N1C(=O)OC(C)(C)C. The Hall–Kier alpha value is -2.47. The number of benzene rings is 2. The Balaban J connectivity index is 1.79. The van der Waals surface area contributed by atoms with Crippen molar-refractivity contribution in [2.45, 2.75) is 45.4 Å². The molecule has 1 heterocycles. The Morgan fingerprint density at radius 3 is 2.59 bits per heavy atom. The monoisotopic (exact) mass is 413 g/mol. The number of imide groups is 1. The Bertz CT molecular complexity index is 927. The predicted octanol–water partition coefficient (Wildman–Crippen LogP) is 5.14. The van der Waals surface area contributed by atoms with Crippen LogP contribution >= 0.6 is 11.8 Å². The van der Waals surface area contributed by atoms with E-state index in [1.54, 1.807) is 32.5 Å². The molecule has 0 unspecified atom stereocenters. The summed E-state index contributed by atoms with van der Waals surface area (Å²) in [7, 11) is 0. The molecule has 5 nitrogen and oxygen atoms in total. The van der Waals surface area contributed by atoms with Crippen molar-refractivity contribution < 1.29 is 19.1 Å². The van der Waals surface area contributed by atoms with E-state index in [0.717, 1.165) is 22.1 Å². The molecule has 1 aliphatic rings. The van der Waals surface area contributed by atoms with Crippen LogP contribution in [-0.2, 0) is 20.9 Å². The average molecular weight is 414 g/mol. The molecule has 0 bridgehead atoms. The van der Waals surface area contributed by atoms with Gasteiger partial charge < -0.3 is 9.47 Å². The second kappa shape index (κ2) is 8.91. The van der Waals surface area contributed by atoms with Crippen molar-refractivity contribution in [1.29, 1.82) is 0 Å². The van der Waals surface area contributed by atoms with Crippen LogP contribution in [0.15, 0.2) is 54.3 Å². The Morgan fingerprint density at radius 1 is 1.14 bits per heavy atom. The van der Waals surface area contributed by atoms with Crippen LogP contribution in [-0.4, -0.2) is 40.6 Å². The largest absolute Gasteiger partial charge is 0.491 e. The van der Waals surface area contributed by atoms with Gasteiger partial charge in [0.1, 0.15) is 24.0 Å². The Labute approximate surface area is 176 Å². The number of carbonyl (C=O) groups excluding carboxylic acids is 2. The topological polar surface area (TPSA) is 55.8 Å². The highest BCUT2D eigenvalue weighted by atomic mass is 32.2. The lowest BCUT2D eigenvalue weighted by Crippen LogP contribution is -2.44. The van der Waals surface area contributed by atoms with Crippen molar-refractivity contribution in [3.05, 3.63) is 59.9 Å². The van der Waals surface area contributed by atoms with Gasteiger partial charge in [0.05, 0.1) is 0 Å². The molecule has 2 amide bonds. The first kappa shape index (κ1) is 21.2. The first-order chi connectivity index (χ1) is 13.8. The molecule has 29 heavy (non-hydrogen) atoms. The second-order valence-electron chi connectivity index (χ2n) is 7.96. The van der Waals surface area contributed by atoms with Crippen LogP contribution in [0.4, 0.5) is 4.79 Å². The van der Waals surface area contributed by atoms with Crippen molar-refractivity contribution in [2.24, 2.45) is 0 Å². The van der Waals surface area contributed by atoms with Gasteiger partial charge in [-0.05, 0) is 55.5 Å². The number of hydrogen-bond donors (Lipinski definition) is 0. The summed E-state index contributed by atoms with van der Waals surface area (Å²) in [6, 6.07) is 13.7. The minimum Gasteiger partial charge on any atom is -0.491 e. The number of nitrogens with zero attached hydrogens (tertiary/aromatic N) is 1. The maximum Gasteiger partial charge on any atom is 0.418 e. The molecule has 0 fully saturated rings. The van der Waals surface area contributed by atoms with E-state index in [4.69, 9.17) is 9.47 Å². The molecule has 0 saturated carbocycles. The molecule has 3 rings (SSSR count). The van der Waals surface area contributed by atoms with Gasteiger partial charge in [-0.15, -0.1) is 0 Å². The molecule has 1 aliphatic heterocycles. The summed E-state index contributed by atoms with van der Waals surface area (Å²) in [5, 5.41) is 2.25. The highest BCUT2D eigenvalue weighted by Crippen LogP contribution is 2.29. The third-order valence-corrected chi connectivity index (χ3v) is 5.25. The Kier molecular flexibility index (Phi) is 6.52. The molecule has 0 spiro atoms. The zero-order valence-electron chi connectivity index (χ0n) is 17.3. The standard InChI is InChI=1S/C23H27NO4S/c1-23(2,3)28-22(26)24-19(12-13-29-4)20(14-21(24)25)27-15-17-10-7-9-16-8-5-6-11-18(16)17/h5-11,14,19H,12-13,15H2,1-4H3/t19-/m0/s1. The quantitative estimate of drug-likeness (QED) is 0.656. The van der Waals surface area contributed by atoms with Crippen LogP contribution in [0.5, 0.6) is 0 Å². The molecule has 0 N–H and O–H groups in total. The number of fused-ring (bicyclic) bond motifs is 1. The van der Waals surface area contributed by atoms with Crippen LogP contribution in [0.3, 0.4) is 0 Å². The highest BCUT2D eigenvalue weighted by Gasteiger charge is 2.40. The van der Waals surface area contributed by atoms with Crippen LogP contribution < -0.4 is 0 Å². The van der Waals surface area contributed by atoms with E-state index < -0.39 is 23.6 Å². The minimum absolute atomic E-state index is 0.332. The third-order valence-electron chi connectivity index (χ3n) is 4.60. The number of amides is 2. The van der Waals surface area contributed by atoms with Crippen molar-refractivity contribution in [2.75, 3.05) is 12.0 Å². The number of rotatable bonds is 6. The fourth-order valence-corrected chi connectivity index (χ4v) is 3.77. The van der Waals surface area contributed by atoms with E-state index in [2.05, 4.69) is 18.2 Å². The van der Waals surface area contributed by atoms with Gasteiger partial charge in [0.15, 0.2) is 0 Å². The summed E-state index contributed by atoms with van der Waals surface area (Å²) >= 11 is 1.66. The molecule has 2 aromatic rings. The van der Waals surface area contributed by atoms with Crippen molar-refractivity contribution >= 4 is 34.5 Å². The molecule has 154 valence electrons. The van der Waals surface area contributed by atoms with Crippen LogP contribution in [0.25, 0.3) is 10.8 Å². The van der Waals surface area contributed by atoms with E-state index in [0.29, 0.717) is 18.8 Å². The smallest absolute Gasteiger partial charge is 0.418 e. The van der Waals surface area contributed by atoms with Crippen LogP contribution in [0, 0.1) is 0 Å². The average Bonchev–Trinajstić information content (AvgIpc) is 2.98. The number of ether oxygens (including phenoxy) is 2. The van der Waals surface area contributed by atoms with Gasteiger partial charge in [-0.2, -0.15) is 11.8 Å². The van der Waals surface area contributed by atoms with Gasteiger partial charge >= 0.3 is 6.09 Å². The van der Waals surface area contributed by atoms with Gasteiger partial charge in [-0.3, -0.25) is 4.79 Å². The van der Waals surface area contributed by atoms with Crippen molar-refractivity contribution in [3.63, 3.8) is 0 Å². The number of thioether (sulfide) groups is 1. The lowest BCUT2D eigenvalue weighted by Gasteiger charge is -2.28. The maximum atomic E-state index is 12.6. The summed E-state index contributed by atoms with van der Waals surface area (Å²) in [6.07, 6.45) is 3.40. The van der Waals surface area contributed by atoms with Gasteiger partial charge in [0, 0.05) is 6.08 Å². The summed E-state index contributed by atoms with van der Waals surface area (Å²) in [5.74, 6) is 0.924. The molecule has 1 atom stereocenters. The van der Waals surface area contributed by atoms with Gasteiger partial charge in [-0.25, -0.2) is 9.69 Å². The molecule has 2 aromatic carbocycles. The van der Waals surface area contributed by atoms with Gasteiger partial charge in [0.2, 0.25) is 0 Å². The Morgan fingerprint density at radius 2 is 1.86 bits per heavy atom. The van der Waals surface area contributed by atoms with E-state index in [1.165, 1.54) is 11.0 Å². The summed E-state index contributed by atoms with van der Waals surface area (Å²) < 4.78 is 11.5.